The Morgan fingerprint density at radius 1 is 0.941 bits per heavy atom. The average molecular weight is 460 g/mol. The van der Waals surface area contributed by atoms with Gasteiger partial charge in [-0.2, -0.15) is 0 Å². The fourth-order valence-corrected chi connectivity index (χ4v) is 4.93. The maximum atomic E-state index is 13.2. The van der Waals surface area contributed by atoms with Gasteiger partial charge in [0.1, 0.15) is 11.9 Å². The third-order valence-electron chi connectivity index (χ3n) is 6.60. The molecular formula is C27H26FN3O3. The summed E-state index contributed by atoms with van der Waals surface area (Å²) in [6.07, 6.45) is 0.279. The van der Waals surface area contributed by atoms with Crippen molar-refractivity contribution in [3.05, 3.63) is 107 Å². The molecule has 2 saturated heterocycles. The van der Waals surface area contributed by atoms with Gasteiger partial charge in [0.05, 0.1) is 0 Å². The van der Waals surface area contributed by atoms with Gasteiger partial charge >= 0.3 is 12.1 Å². The lowest BCUT2D eigenvalue weighted by atomic mass is 9.80. The Kier molecular flexibility index (Phi) is 5.92. The molecule has 7 heteroatoms. The van der Waals surface area contributed by atoms with E-state index in [0.29, 0.717) is 32.6 Å². The van der Waals surface area contributed by atoms with Crippen molar-refractivity contribution in [3.8, 4) is 0 Å². The number of halogens is 1. The van der Waals surface area contributed by atoms with Gasteiger partial charge < -0.3 is 15.0 Å². The van der Waals surface area contributed by atoms with Crippen LogP contribution in [0.15, 0.2) is 84.9 Å². The maximum Gasteiger partial charge on any atom is 0.411 e. The summed E-state index contributed by atoms with van der Waals surface area (Å²) in [7, 11) is 0. The topological polar surface area (TPSA) is 61.9 Å². The van der Waals surface area contributed by atoms with Crippen LogP contribution in [0.1, 0.15) is 23.1 Å². The Hall–Kier alpha value is -3.87. The van der Waals surface area contributed by atoms with Gasteiger partial charge in [0.25, 0.3) is 0 Å². The zero-order valence-corrected chi connectivity index (χ0v) is 18.7. The van der Waals surface area contributed by atoms with E-state index in [0.717, 1.165) is 16.7 Å². The predicted octanol–water partition coefficient (Wildman–Crippen LogP) is 4.51. The Morgan fingerprint density at radius 2 is 1.56 bits per heavy atom. The molecule has 2 fully saturated rings. The van der Waals surface area contributed by atoms with Crippen molar-refractivity contribution < 1.29 is 18.7 Å². The van der Waals surface area contributed by atoms with E-state index in [2.05, 4.69) is 5.32 Å². The standard InChI is InChI=1S/C27H26FN3O3/c28-23-14-12-20(13-15-23)18-29-25(32)30-16-7-17-31-24(19-30)27(34-26(31)33,21-8-3-1-4-9-21)22-10-5-2-6-11-22/h1-6,8-15,24H,7,16-19H2,(H,29,32). The Balaban J connectivity index is 1.45. The highest BCUT2D eigenvalue weighted by Gasteiger charge is 2.57. The molecule has 0 bridgehead atoms. The van der Waals surface area contributed by atoms with E-state index in [4.69, 9.17) is 4.74 Å². The summed E-state index contributed by atoms with van der Waals surface area (Å²) in [5.74, 6) is -0.313. The summed E-state index contributed by atoms with van der Waals surface area (Å²) < 4.78 is 19.4. The first-order valence-electron chi connectivity index (χ1n) is 11.5. The largest absolute Gasteiger partial charge is 0.431 e. The first-order valence-corrected chi connectivity index (χ1v) is 11.5. The molecule has 0 radical (unpaired) electrons. The highest BCUT2D eigenvalue weighted by Crippen LogP contribution is 2.45. The molecule has 0 aromatic heterocycles. The minimum absolute atomic E-state index is 0.222. The van der Waals surface area contributed by atoms with Gasteiger partial charge in [-0.15, -0.1) is 0 Å². The van der Waals surface area contributed by atoms with Crippen LogP contribution in [-0.2, 0) is 16.9 Å². The van der Waals surface area contributed by atoms with E-state index in [1.165, 1.54) is 12.1 Å². The molecule has 1 N–H and O–H groups in total. The number of hydrogen-bond acceptors (Lipinski definition) is 3. The molecule has 1 unspecified atom stereocenters. The number of cyclic esters (lactones) is 1. The number of urea groups is 1. The van der Waals surface area contributed by atoms with Gasteiger partial charge in [-0.05, 0) is 24.1 Å². The minimum atomic E-state index is -1.03. The van der Waals surface area contributed by atoms with E-state index in [1.54, 1.807) is 21.9 Å². The molecule has 0 spiro atoms. The molecule has 0 aliphatic carbocycles. The molecule has 34 heavy (non-hydrogen) atoms. The van der Waals surface area contributed by atoms with E-state index >= 15 is 0 Å². The van der Waals surface area contributed by atoms with E-state index in [9.17, 15) is 14.0 Å². The van der Waals surface area contributed by atoms with Gasteiger partial charge in [-0.1, -0.05) is 72.8 Å². The second kappa shape index (κ2) is 9.17. The number of carbonyl (C=O) groups is 2. The second-order valence-corrected chi connectivity index (χ2v) is 8.63. The zero-order chi connectivity index (χ0) is 23.5. The van der Waals surface area contributed by atoms with Crippen LogP contribution >= 0.6 is 0 Å². The quantitative estimate of drug-likeness (QED) is 0.625. The van der Waals surface area contributed by atoms with Crippen molar-refractivity contribution in [2.45, 2.75) is 24.6 Å². The number of nitrogens with zero attached hydrogens (tertiary/aromatic N) is 2. The van der Waals surface area contributed by atoms with E-state index in [-0.39, 0.29) is 24.0 Å². The number of benzene rings is 3. The van der Waals surface area contributed by atoms with Gasteiger partial charge in [-0.25, -0.2) is 14.0 Å². The lowest BCUT2D eigenvalue weighted by Gasteiger charge is -2.37. The van der Waals surface area contributed by atoms with Crippen LogP contribution < -0.4 is 5.32 Å². The zero-order valence-electron chi connectivity index (χ0n) is 18.7. The van der Waals surface area contributed by atoms with Gasteiger partial charge in [0.15, 0.2) is 5.60 Å². The normalized spacial score (nSPS) is 19.2. The maximum absolute atomic E-state index is 13.2. The van der Waals surface area contributed by atoms with Crippen LogP contribution in [0.4, 0.5) is 14.0 Å². The second-order valence-electron chi connectivity index (χ2n) is 8.63. The molecule has 3 amide bonds. The number of ether oxygens (including phenoxy) is 1. The third kappa shape index (κ3) is 3.98. The molecule has 174 valence electrons. The highest BCUT2D eigenvalue weighted by molar-refractivity contribution is 5.76. The lowest BCUT2D eigenvalue weighted by molar-refractivity contribution is 0.0608. The summed E-state index contributed by atoms with van der Waals surface area (Å²) in [5.41, 5.74) is 1.53. The van der Waals surface area contributed by atoms with E-state index in [1.807, 2.05) is 60.7 Å². The molecule has 2 aliphatic rings. The molecule has 2 aliphatic heterocycles. The number of rotatable bonds is 4. The van der Waals surface area contributed by atoms with Crippen LogP contribution in [0, 0.1) is 5.82 Å². The Labute approximate surface area is 197 Å². The lowest BCUT2D eigenvalue weighted by Crippen LogP contribution is -2.52. The molecule has 6 nitrogen and oxygen atoms in total. The summed E-state index contributed by atoms with van der Waals surface area (Å²) in [6, 6.07) is 24.9. The van der Waals surface area contributed by atoms with Gasteiger partial charge in [0.2, 0.25) is 0 Å². The number of amides is 3. The SMILES string of the molecule is O=C(NCc1ccc(F)cc1)N1CCCN2C(=O)OC(c3ccccc3)(c3ccccc3)C2C1. The summed E-state index contributed by atoms with van der Waals surface area (Å²) in [5, 5.41) is 2.93. The number of carbonyl (C=O) groups excluding carboxylic acids is 2. The van der Waals surface area contributed by atoms with Crippen molar-refractivity contribution in [2.24, 2.45) is 0 Å². The van der Waals surface area contributed by atoms with Crippen molar-refractivity contribution >= 4 is 12.1 Å². The molecular weight excluding hydrogens is 433 g/mol. The average Bonchev–Trinajstić information content (AvgIpc) is 3.01. The van der Waals surface area contributed by atoms with Gasteiger partial charge in [0, 0.05) is 37.3 Å². The van der Waals surface area contributed by atoms with Crippen molar-refractivity contribution in [3.63, 3.8) is 0 Å². The summed E-state index contributed by atoms with van der Waals surface area (Å²) in [4.78, 5) is 29.7. The fourth-order valence-electron chi connectivity index (χ4n) is 4.93. The van der Waals surface area contributed by atoms with Crippen LogP contribution in [0.5, 0.6) is 0 Å². The van der Waals surface area contributed by atoms with Crippen LogP contribution in [0.2, 0.25) is 0 Å². The summed E-state index contributed by atoms with van der Waals surface area (Å²) in [6.45, 7) is 1.65. The molecule has 5 rings (SSSR count). The van der Waals surface area contributed by atoms with Crippen molar-refractivity contribution in [1.82, 2.24) is 15.1 Å². The minimum Gasteiger partial charge on any atom is -0.431 e. The van der Waals surface area contributed by atoms with Crippen LogP contribution in [0.3, 0.4) is 0 Å². The van der Waals surface area contributed by atoms with E-state index < -0.39 is 5.60 Å². The molecule has 2 heterocycles. The number of hydrogen-bond donors (Lipinski definition) is 1. The van der Waals surface area contributed by atoms with Crippen LogP contribution in [-0.4, -0.2) is 47.6 Å². The number of nitrogens with one attached hydrogen (secondary N) is 1. The third-order valence-corrected chi connectivity index (χ3v) is 6.60. The Bertz CT molecular complexity index is 1120. The van der Waals surface area contributed by atoms with Gasteiger partial charge in [-0.3, -0.25) is 4.90 Å². The first kappa shape index (κ1) is 21.9. The van der Waals surface area contributed by atoms with Crippen molar-refractivity contribution in [2.75, 3.05) is 19.6 Å². The smallest absolute Gasteiger partial charge is 0.411 e. The van der Waals surface area contributed by atoms with Crippen LogP contribution in [0.25, 0.3) is 0 Å². The fraction of sp³-hybridized carbons (Fsp3) is 0.259. The molecule has 1 atom stereocenters. The monoisotopic (exact) mass is 459 g/mol. The molecule has 0 saturated carbocycles. The Morgan fingerprint density at radius 3 is 2.18 bits per heavy atom. The number of fused-ring (bicyclic) bond motifs is 1. The van der Waals surface area contributed by atoms with Crippen molar-refractivity contribution in [1.29, 1.82) is 0 Å². The molecule has 3 aromatic rings. The summed E-state index contributed by atoms with van der Waals surface area (Å²) >= 11 is 0. The highest BCUT2D eigenvalue weighted by atomic mass is 19.1. The molecule has 3 aromatic carbocycles. The predicted molar refractivity (Wildman–Crippen MR) is 125 cm³/mol. The first-order chi connectivity index (χ1) is 16.6.